The number of methoxy groups -OCH3 is 1. The van der Waals surface area contributed by atoms with Crippen molar-refractivity contribution in [1.29, 1.82) is 0 Å². The van der Waals surface area contributed by atoms with Crippen molar-refractivity contribution in [3.63, 3.8) is 0 Å². The van der Waals surface area contributed by atoms with Gasteiger partial charge in [-0.25, -0.2) is 8.78 Å². The van der Waals surface area contributed by atoms with Crippen molar-refractivity contribution in [3.05, 3.63) is 33.9 Å². The van der Waals surface area contributed by atoms with Crippen LogP contribution in [-0.2, 0) is 11.3 Å². The van der Waals surface area contributed by atoms with Crippen LogP contribution in [0.25, 0.3) is 0 Å². The number of nitro benzene ring substituents is 1. The van der Waals surface area contributed by atoms with Gasteiger partial charge in [0.25, 0.3) is 0 Å². The number of nitro groups is 1. The molecule has 1 aromatic rings. The minimum atomic E-state index is -2.58. The van der Waals surface area contributed by atoms with E-state index in [4.69, 9.17) is 9.47 Å². The second kappa shape index (κ2) is 6.34. The maximum atomic E-state index is 13.0. The first-order chi connectivity index (χ1) is 9.91. The number of benzene rings is 1. The average molecular weight is 301 g/mol. The fourth-order valence-corrected chi connectivity index (χ4v) is 2.36. The Morgan fingerprint density at radius 3 is 2.62 bits per heavy atom. The third-order valence-electron chi connectivity index (χ3n) is 3.59. The van der Waals surface area contributed by atoms with Crippen molar-refractivity contribution < 1.29 is 23.2 Å². The Labute approximate surface area is 121 Å². The summed E-state index contributed by atoms with van der Waals surface area (Å²) in [7, 11) is 1.36. The number of halogens is 2. The molecule has 0 bridgehead atoms. The summed E-state index contributed by atoms with van der Waals surface area (Å²) in [5.74, 6) is -2.40. The van der Waals surface area contributed by atoms with Crippen LogP contribution < -0.4 is 4.74 Å². The average Bonchev–Trinajstić information content (AvgIpc) is 2.45. The second-order valence-corrected chi connectivity index (χ2v) is 5.13. The highest BCUT2D eigenvalue weighted by atomic mass is 19.3. The molecule has 0 aromatic heterocycles. The molecule has 2 rings (SSSR count). The van der Waals surface area contributed by atoms with E-state index >= 15 is 0 Å². The van der Waals surface area contributed by atoms with Crippen LogP contribution in [0.1, 0.15) is 31.2 Å². The van der Waals surface area contributed by atoms with Gasteiger partial charge in [-0.3, -0.25) is 10.1 Å². The fourth-order valence-electron chi connectivity index (χ4n) is 2.36. The van der Waals surface area contributed by atoms with E-state index in [1.165, 1.54) is 19.2 Å². The summed E-state index contributed by atoms with van der Waals surface area (Å²) in [4.78, 5) is 10.4. The molecular weight excluding hydrogens is 284 g/mol. The molecule has 1 saturated carbocycles. The van der Waals surface area contributed by atoms with Crippen molar-refractivity contribution in [2.24, 2.45) is 0 Å². The highest BCUT2D eigenvalue weighted by molar-refractivity contribution is 5.48. The summed E-state index contributed by atoms with van der Waals surface area (Å²) in [6.45, 7) is 0.168. The fraction of sp³-hybridized carbons (Fsp3) is 0.571. The van der Waals surface area contributed by atoms with Crippen molar-refractivity contribution in [1.82, 2.24) is 0 Å². The van der Waals surface area contributed by atoms with Gasteiger partial charge in [-0.05, 0) is 24.5 Å². The number of nitrogens with zero attached hydrogens (tertiary/aromatic N) is 1. The topological polar surface area (TPSA) is 61.6 Å². The Hall–Kier alpha value is -1.76. The number of hydrogen-bond acceptors (Lipinski definition) is 4. The van der Waals surface area contributed by atoms with Gasteiger partial charge < -0.3 is 9.47 Å². The maximum Gasteiger partial charge on any atom is 0.311 e. The predicted octanol–water partition coefficient (Wildman–Crippen LogP) is 3.70. The van der Waals surface area contributed by atoms with Gasteiger partial charge >= 0.3 is 5.69 Å². The normalized spacial score (nSPS) is 18.4. The summed E-state index contributed by atoms with van der Waals surface area (Å²) in [6.07, 6.45) is 0.0722. The Morgan fingerprint density at radius 2 is 2.05 bits per heavy atom. The standard InChI is InChI=1S/C14H17F2NO4/c1-20-13-3-2-10(8-12(13)17(18)19)9-21-11-4-6-14(15,16)7-5-11/h2-3,8,11H,4-7,9H2,1H3. The lowest BCUT2D eigenvalue weighted by Gasteiger charge is -2.28. The molecule has 21 heavy (non-hydrogen) atoms. The highest BCUT2D eigenvalue weighted by Crippen LogP contribution is 2.35. The monoisotopic (exact) mass is 301 g/mol. The molecule has 0 aliphatic heterocycles. The van der Waals surface area contributed by atoms with Gasteiger partial charge in [-0.2, -0.15) is 0 Å². The van der Waals surface area contributed by atoms with Crippen LogP contribution in [0.4, 0.5) is 14.5 Å². The van der Waals surface area contributed by atoms with Crippen LogP contribution in [0.5, 0.6) is 5.75 Å². The molecule has 1 aliphatic carbocycles. The van der Waals surface area contributed by atoms with Gasteiger partial charge in [-0.1, -0.05) is 6.07 Å². The first-order valence-corrected chi connectivity index (χ1v) is 6.72. The summed E-state index contributed by atoms with van der Waals surface area (Å²) >= 11 is 0. The SMILES string of the molecule is COc1ccc(COC2CCC(F)(F)CC2)cc1[N+](=O)[O-]. The largest absolute Gasteiger partial charge is 0.490 e. The van der Waals surface area contributed by atoms with Crippen LogP contribution >= 0.6 is 0 Å². The van der Waals surface area contributed by atoms with Gasteiger partial charge in [0.15, 0.2) is 5.75 Å². The quantitative estimate of drug-likeness (QED) is 0.614. The van der Waals surface area contributed by atoms with Crippen molar-refractivity contribution in [2.45, 2.75) is 44.3 Å². The lowest BCUT2D eigenvalue weighted by Crippen LogP contribution is -2.28. The van der Waals surface area contributed by atoms with Crippen molar-refractivity contribution in [2.75, 3.05) is 7.11 Å². The van der Waals surface area contributed by atoms with E-state index in [-0.39, 0.29) is 37.0 Å². The number of hydrogen-bond donors (Lipinski definition) is 0. The Kier molecular flexibility index (Phi) is 4.72. The molecule has 0 saturated heterocycles. The maximum absolute atomic E-state index is 13.0. The third-order valence-corrected chi connectivity index (χ3v) is 3.59. The molecule has 0 amide bonds. The molecule has 5 nitrogen and oxygen atoms in total. The molecule has 116 valence electrons. The molecule has 0 heterocycles. The molecule has 1 aliphatic rings. The smallest absolute Gasteiger partial charge is 0.311 e. The molecule has 0 atom stereocenters. The first-order valence-electron chi connectivity index (χ1n) is 6.72. The summed E-state index contributed by atoms with van der Waals surface area (Å²) in [5, 5.41) is 10.9. The van der Waals surface area contributed by atoms with Gasteiger partial charge in [0.2, 0.25) is 5.92 Å². The van der Waals surface area contributed by atoms with Crippen LogP contribution in [0.3, 0.4) is 0 Å². The molecule has 0 N–H and O–H groups in total. The minimum Gasteiger partial charge on any atom is -0.490 e. The Bertz CT molecular complexity index is 512. The number of rotatable bonds is 5. The molecule has 0 unspecified atom stereocenters. The predicted molar refractivity (Wildman–Crippen MR) is 71.6 cm³/mol. The molecule has 0 radical (unpaired) electrons. The lowest BCUT2D eigenvalue weighted by molar-refractivity contribution is -0.385. The highest BCUT2D eigenvalue weighted by Gasteiger charge is 2.35. The van der Waals surface area contributed by atoms with Gasteiger partial charge in [0, 0.05) is 18.9 Å². The second-order valence-electron chi connectivity index (χ2n) is 5.13. The first kappa shape index (κ1) is 15.6. The number of alkyl halides is 2. The van der Waals surface area contributed by atoms with Crippen LogP contribution in [-0.4, -0.2) is 24.1 Å². The van der Waals surface area contributed by atoms with Crippen LogP contribution in [0, 0.1) is 10.1 Å². The molecular formula is C14H17F2NO4. The van der Waals surface area contributed by atoms with Gasteiger partial charge in [0.05, 0.1) is 24.7 Å². The molecule has 7 heteroatoms. The zero-order valence-electron chi connectivity index (χ0n) is 11.7. The van der Waals surface area contributed by atoms with E-state index in [2.05, 4.69) is 0 Å². The van der Waals surface area contributed by atoms with Gasteiger partial charge in [0.1, 0.15) is 0 Å². The number of ether oxygens (including phenoxy) is 2. The minimum absolute atomic E-state index is 0.131. The molecule has 0 spiro atoms. The lowest BCUT2D eigenvalue weighted by atomic mass is 9.94. The summed E-state index contributed by atoms with van der Waals surface area (Å²) in [5.41, 5.74) is 0.494. The van der Waals surface area contributed by atoms with Crippen molar-refractivity contribution >= 4 is 5.69 Å². The Balaban J connectivity index is 1.95. The van der Waals surface area contributed by atoms with E-state index in [1.807, 2.05) is 0 Å². The van der Waals surface area contributed by atoms with Gasteiger partial charge in [-0.15, -0.1) is 0 Å². The van der Waals surface area contributed by atoms with Crippen LogP contribution in [0.15, 0.2) is 18.2 Å². The Morgan fingerprint density at radius 1 is 1.38 bits per heavy atom. The van der Waals surface area contributed by atoms with E-state index < -0.39 is 10.8 Å². The van der Waals surface area contributed by atoms with E-state index in [9.17, 15) is 18.9 Å². The van der Waals surface area contributed by atoms with Crippen LogP contribution in [0.2, 0.25) is 0 Å². The zero-order chi connectivity index (χ0) is 15.5. The zero-order valence-corrected chi connectivity index (χ0v) is 11.7. The molecule has 1 aromatic carbocycles. The molecule has 1 fully saturated rings. The van der Waals surface area contributed by atoms with Crippen molar-refractivity contribution in [3.8, 4) is 5.75 Å². The van der Waals surface area contributed by atoms with E-state index in [1.54, 1.807) is 6.07 Å². The third kappa shape index (κ3) is 4.10. The van der Waals surface area contributed by atoms with E-state index in [0.29, 0.717) is 18.4 Å². The summed E-state index contributed by atoms with van der Waals surface area (Å²) < 4.78 is 36.5. The summed E-state index contributed by atoms with van der Waals surface area (Å²) in [6, 6.07) is 4.56. The van der Waals surface area contributed by atoms with E-state index in [0.717, 1.165) is 0 Å².